The second kappa shape index (κ2) is 7.00. The van der Waals surface area contributed by atoms with Crippen LogP contribution in [0.2, 0.25) is 0 Å². The van der Waals surface area contributed by atoms with Crippen molar-refractivity contribution >= 4 is 27.7 Å². The zero-order valence-electron chi connectivity index (χ0n) is 11.1. The molecule has 0 saturated heterocycles. The largest absolute Gasteiger partial charge is 0.367 e. The number of rotatable bonds is 5. The van der Waals surface area contributed by atoms with E-state index in [2.05, 4.69) is 36.5 Å². The number of benzene rings is 1. The van der Waals surface area contributed by atoms with Crippen LogP contribution >= 0.6 is 15.9 Å². The highest BCUT2D eigenvalue weighted by molar-refractivity contribution is 9.10. The Morgan fingerprint density at radius 2 is 1.95 bits per heavy atom. The van der Waals surface area contributed by atoms with Crippen LogP contribution in [0.15, 0.2) is 41.1 Å². The number of nitrogens with one attached hydrogen (secondary N) is 2. The van der Waals surface area contributed by atoms with Gasteiger partial charge in [-0.25, -0.2) is 4.98 Å². The summed E-state index contributed by atoms with van der Waals surface area (Å²) in [5.74, 6) is 0.623. The first-order valence-electron chi connectivity index (χ1n) is 6.21. The third-order valence-corrected chi connectivity index (χ3v) is 3.11. The molecule has 0 aliphatic heterocycles. The Hall–Kier alpha value is -1.95. The van der Waals surface area contributed by atoms with Crippen LogP contribution in [-0.4, -0.2) is 29.0 Å². The lowest BCUT2D eigenvalue weighted by Crippen LogP contribution is -2.28. The van der Waals surface area contributed by atoms with Gasteiger partial charge in [0.05, 0.1) is 11.9 Å². The van der Waals surface area contributed by atoms with Gasteiger partial charge in [-0.15, -0.1) is 0 Å². The topological polar surface area (TPSA) is 66.9 Å². The van der Waals surface area contributed by atoms with E-state index in [0.29, 0.717) is 24.5 Å². The highest BCUT2D eigenvalue weighted by Gasteiger charge is 2.03. The van der Waals surface area contributed by atoms with Crippen LogP contribution in [0.1, 0.15) is 16.1 Å². The number of aromatic nitrogens is 2. The molecule has 1 aromatic heterocycles. The first kappa shape index (κ1) is 14.5. The average molecular weight is 335 g/mol. The van der Waals surface area contributed by atoms with Crippen LogP contribution in [0.25, 0.3) is 0 Å². The molecule has 0 aliphatic carbocycles. The fourth-order valence-corrected chi connectivity index (χ4v) is 1.88. The highest BCUT2D eigenvalue weighted by atomic mass is 79.9. The van der Waals surface area contributed by atoms with Gasteiger partial charge in [0.15, 0.2) is 0 Å². The Morgan fingerprint density at radius 1 is 1.20 bits per heavy atom. The quantitative estimate of drug-likeness (QED) is 0.824. The van der Waals surface area contributed by atoms with Crippen LogP contribution in [0.4, 0.5) is 5.82 Å². The number of carbonyl (C=O) groups excluding carboxylic acids is 1. The molecular formula is C14H15BrN4O. The van der Waals surface area contributed by atoms with E-state index in [4.69, 9.17) is 0 Å². The second-order valence-corrected chi connectivity index (χ2v) is 5.15. The normalized spacial score (nSPS) is 10.1. The van der Waals surface area contributed by atoms with Crippen molar-refractivity contribution in [2.24, 2.45) is 0 Å². The summed E-state index contributed by atoms with van der Waals surface area (Å²) in [5, 5.41) is 5.94. The number of carbonyl (C=O) groups is 1. The molecule has 1 amide bonds. The van der Waals surface area contributed by atoms with Crippen molar-refractivity contribution in [1.29, 1.82) is 0 Å². The lowest BCUT2D eigenvalue weighted by atomic mass is 10.2. The van der Waals surface area contributed by atoms with Gasteiger partial charge in [-0.1, -0.05) is 15.9 Å². The predicted octanol–water partition coefficient (Wildman–Crippen LogP) is 2.39. The molecule has 0 atom stereocenters. The van der Waals surface area contributed by atoms with Gasteiger partial charge in [0.2, 0.25) is 0 Å². The van der Waals surface area contributed by atoms with Crippen molar-refractivity contribution in [3.05, 3.63) is 52.4 Å². The molecule has 2 rings (SSSR count). The van der Waals surface area contributed by atoms with Crippen LogP contribution in [0, 0.1) is 6.92 Å². The lowest BCUT2D eigenvalue weighted by molar-refractivity contribution is 0.0955. The molecule has 6 heteroatoms. The molecule has 2 aromatic rings. The summed E-state index contributed by atoms with van der Waals surface area (Å²) in [6, 6.07) is 7.24. The Bertz CT molecular complexity index is 586. The SMILES string of the molecule is Cc1cncc(NCCNC(=O)c2ccc(Br)cc2)n1. The van der Waals surface area contributed by atoms with Crippen molar-refractivity contribution in [3.63, 3.8) is 0 Å². The van der Waals surface area contributed by atoms with E-state index >= 15 is 0 Å². The molecule has 0 aliphatic rings. The molecule has 1 aromatic carbocycles. The van der Waals surface area contributed by atoms with Gasteiger partial charge < -0.3 is 10.6 Å². The maximum absolute atomic E-state index is 11.8. The van der Waals surface area contributed by atoms with Gasteiger partial charge >= 0.3 is 0 Å². The van der Waals surface area contributed by atoms with Crippen molar-refractivity contribution in [2.75, 3.05) is 18.4 Å². The van der Waals surface area contributed by atoms with Gasteiger partial charge in [-0.3, -0.25) is 9.78 Å². The predicted molar refractivity (Wildman–Crippen MR) is 81.7 cm³/mol. The summed E-state index contributed by atoms with van der Waals surface area (Å²) in [5.41, 5.74) is 1.50. The average Bonchev–Trinajstić information content (AvgIpc) is 2.44. The Kier molecular flexibility index (Phi) is 5.06. The molecular weight excluding hydrogens is 320 g/mol. The van der Waals surface area contributed by atoms with Crippen LogP contribution in [0.3, 0.4) is 0 Å². The molecule has 2 N–H and O–H groups in total. The Labute approximate surface area is 126 Å². The standard InChI is InChI=1S/C14H15BrN4O/c1-10-8-16-9-13(19-10)17-6-7-18-14(20)11-2-4-12(15)5-3-11/h2-5,8-9H,6-7H2,1H3,(H,17,19)(H,18,20). The minimum atomic E-state index is -0.0883. The lowest BCUT2D eigenvalue weighted by Gasteiger charge is -2.07. The molecule has 5 nitrogen and oxygen atoms in total. The van der Waals surface area contributed by atoms with E-state index in [1.54, 1.807) is 24.5 Å². The van der Waals surface area contributed by atoms with Gasteiger partial charge in [-0.05, 0) is 31.2 Å². The molecule has 0 unspecified atom stereocenters. The number of anilines is 1. The van der Waals surface area contributed by atoms with Gasteiger partial charge in [0.25, 0.3) is 5.91 Å². The Morgan fingerprint density at radius 3 is 2.65 bits per heavy atom. The fraction of sp³-hybridized carbons (Fsp3) is 0.214. The third-order valence-electron chi connectivity index (χ3n) is 2.58. The number of aryl methyl sites for hydroxylation is 1. The third kappa shape index (κ3) is 4.31. The molecule has 0 bridgehead atoms. The molecule has 0 fully saturated rings. The minimum absolute atomic E-state index is 0.0883. The summed E-state index contributed by atoms with van der Waals surface area (Å²) < 4.78 is 0.953. The van der Waals surface area contributed by atoms with Gasteiger partial charge in [-0.2, -0.15) is 0 Å². The van der Waals surface area contributed by atoms with E-state index < -0.39 is 0 Å². The summed E-state index contributed by atoms with van der Waals surface area (Å²) in [4.78, 5) is 20.1. The summed E-state index contributed by atoms with van der Waals surface area (Å²) in [7, 11) is 0. The van der Waals surface area contributed by atoms with Crippen molar-refractivity contribution < 1.29 is 4.79 Å². The Balaban J connectivity index is 1.76. The van der Waals surface area contributed by atoms with E-state index in [9.17, 15) is 4.79 Å². The fourth-order valence-electron chi connectivity index (χ4n) is 1.62. The smallest absolute Gasteiger partial charge is 0.251 e. The number of hydrogen-bond donors (Lipinski definition) is 2. The van der Waals surface area contributed by atoms with Crippen LogP contribution < -0.4 is 10.6 Å². The van der Waals surface area contributed by atoms with Crippen molar-refractivity contribution in [2.45, 2.75) is 6.92 Å². The second-order valence-electron chi connectivity index (χ2n) is 4.24. The number of hydrogen-bond acceptors (Lipinski definition) is 4. The molecule has 1 heterocycles. The molecule has 104 valence electrons. The summed E-state index contributed by atoms with van der Waals surface area (Å²) >= 11 is 3.34. The summed E-state index contributed by atoms with van der Waals surface area (Å²) in [6.45, 7) is 3.00. The van der Waals surface area contributed by atoms with E-state index in [0.717, 1.165) is 10.2 Å². The minimum Gasteiger partial charge on any atom is -0.367 e. The monoisotopic (exact) mass is 334 g/mol. The zero-order valence-corrected chi connectivity index (χ0v) is 12.6. The van der Waals surface area contributed by atoms with Crippen LogP contribution in [-0.2, 0) is 0 Å². The molecule has 0 spiro atoms. The van der Waals surface area contributed by atoms with Crippen molar-refractivity contribution in [3.8, 4) is 0 Å². The van der Waals surface area contributed by atoms with Crippen LogP contribution in [0.5, 0.6) is 0 Å². The number of halogens is 1. The maximum atomic E-state index is 11.8. The summed E-state index contributed by atoms with van der Waals surface area (Å²) in [6.07, 6.45) is 3.35. The van der Waals surface area contributed by atoms with E-state index in [1.165, 1.54) is 0 Å². The first-order valence-corrected chi connectivity index (χ1v) is 7.01. The zero-order chi connectivity index (χ0) is 14.4. The van der Waals surface area contributed by atoms with E-state index in [1.807, 2.05) is 19.1 Å². The number of nitrogens with zero attached hydrogens (tertiary/aromatic N) is 2. The first-order chi connectivity index (χ1) is 9.65. The van der Waals surface area contributed by atoms with Gasteiger partial charge in [0.1, 0.15) is 5.82 Å². The molecule has 0 radical (unpaired) electrons. The maximum Gasteiger partial charge on any atom is 0.251 e. The van der Waals surface area contributed by atoms with Gasteiger partial charge in [0, 0.05) is 29.3 Å². The molecule has 20 heavy (non-hydrogen) atoms. The highest BCUT2D eigenvalue weighted by Crippen LogP contribution is 2.10. The molecule has 0 saturated carbocycles. The van der Waals surface area contributed by atoms with Crippen molar-refractivity contribution in [1.82, 2.24) is 15.3 Å². The van der Waals surface area contributed by atoms with E-state index in [-0.39, 0.29) is 5.91 Å². The number of amides is 1.